The number of pyridine rings is 1. The lowest BCUT2D eigenvalue weighted by atomic mass is 9.77. The van der Waals surface area contributed by atoms with E-state index >= 15 is 0 Å². The predicted molar refractivity (Wildman–Crippen MR) is 74.9 cm³/mol. The summed E-state index contributed by atoms with van der Waals surface area (Å²) in [4.78, 5) is 4.36. The Labute approximate surface area is 113 Å². The average molecular weight is 257 g/mol. The molecule has 1 saturated carbocycles. The van der Waals surface area contributed by atoms with Crippen molar-refractivity contribution in [3.63, 3.8) is 0 Å². The van der Waals surface area contributed by atoms with Gasteiger partial charge in [-0.25, -0.2) is 0 Å². The largest absolute Gasteiger partial charge is 0.385 e. The number of nitrogens with zero attached hydrogens (tertiary/aromatic N) is 1. The van der Waals surface area contributed by atoms with Crippen LogP contribution in [0.1, 0.15) is 31.2 Å². The van der Waals surface area contributed by atoms with Crippen LogP contribution in [0.25, 0.3) is 10.9 Å². The molecule has 1 heterocycles. The molecule has 1 aromatic heterocycles. The molecule has 0 bridgehead atoms. The Morgan fingerprint density at radius 3 is 2.74 bits per heavy atom. The molecule has 0 spiro atoms. The van der Waals surface area contributed by atoms with Crippen LogP contribution >= 0.6 is 0 Å². The lowest BCUT2D eigenvalue weighted by Gasteiger charge is -2.36. The summed E-state index contributed by atoms with van der Waals surface area (Å²) in [5.74, 6) is 0. The summed E-state index contributed by atoms with van der Waals surface area (Å²) in [6.07, 6.45) is 5.39. The van der Waals surface area contributed by atoms with Gasteiger partial charge in [0.15, 0.2) is 0 Å². The van der Waals surface area contributed by atoms with Crippen LogP contribution in [0.4, 0.5) is 0 Å². The van der Waals surface area contributed by atoms with Crippen LogP contribution < -0.4 is 0 Å². The highest BCUT2D eigenvalue weighted by Crippen LogP contribution is 2.40. The summed E-state index contributed by atoms with van der Waals surface area (Å²) < 4.78 is 5.38. The fourth-order valence-electron chi connectivity index (χ4n) is 3.08. The molecule has 1 N–H and O–H groups in total. The second kappa shape index (κ2) is 4.91. The zero-order valence-corrected chi connectivity index (χ0v) is 11.2. The van der Waals surface area contributed by atoms with Crippen LogP contribution in [-0.4, -0.2) is 23.3 Å². The van der Waals surface area contributed by atoms with E-state index in [2.05, 4.69) is 4.98 Å². The maximum Gasteiger partial charge on any atom is 0.0905 e. The molecule has 1 aliphatic rings. The second-order valence-corrected chi connectivity index (χ2v) is 5.34. The number of hydrogen-bond donors (Lipinski definition) is 1. The van der Waals surface area contributed by atoms with E-state index in [1.807, 2.05) is 30.3 Å². The Kier molecular flexibility index (Phi) is 3.25. The number of methoxy groups -OCH3 is 1. The molecule has 3 nitrogen and oxygen atoms in total. The fraction of sp³-hybridized carbons (Fsp3) is 0.438. The lowest BCUT2D eigenvalue weighted by molar-refractivity contribution is -0.0465. The summed E-state index contributed by atoms with van der Waals surface area (Å²) in [6.45, 7) is 0. The van der Waals surface area contributed by atoms with Crippen molar-refractivity contribution >= 4 is 10.9 Å². The van der Waals surface area contributed by atoms with Gasteiger partial charge in [0.05, 0.1) is 17.2 Å². The van der Waals surface area contributed by atoms with Crippen molar-refractivity contribution in [2.75, 3.05) is 7.11 Å². The smallest absolute Gasteiger partial charge is 0.0905 e. The molecule has 0 radical (unpaired) electrons. The summed E-state index contributed by atoms with van der Waals surface area (Å²) >= 11 is 0. The van der Waals surface area contributed by atoms with E-state index in [1.54, 1.807) is 13.3 Å². The van der Waals surface area contributed by atoms with E-state index < -0.39 is 5.60 Å². The highest BCUT2D eigenvalue weighted by molar-refractivity contribution is 5.82. The maximum atomic E-state index is 11.0. The highest BCUT2D eigenvalue weighted by atomic mass is 16.5. The Bertz CT molecular complexity index is 568. The first-order valence-corrected chi connectivity index (χ1v) is 6.82. The van der Waals surface area contributed by atoms with Crippen molar-refractivity contribution < 1.29 is 9.84 Å². The molecule has 0 aliphatic heterocycles. The van der Waals surface area contributed by atoms with Gasteiger partial charge in [-0.1, -0.05) is 18.2 Å². The molecule has 2 aromatic rings. The third kappa shape index (κ3) is 2.24. The Balaban J connectivity index is 2.00. The van der Waals surface area contributed by atoms with Gasteiger partial charge >= 0.3 is 0 Å². The Hall–Kier alpha value is -1.45. The quantitative estimate of drug-likeness (QED) is 0.899. The average Bonchev–Trinajstić information content (AvgIpc) is 2.47. The van der Waals surface area contributed by atoms with E-state index in [4.69, 9.17) is 4.74 Å². The van der Waals surface area contributed by atoms with Gasteiger partial charge in [-0.2, -0.15) is 0 Å². The van der Waals surface area contributed by atoms with Crippen LogP contribution in [-0.2, 0) is 10.3 Å². The van der Waals surface area contributed by atoms with Crippen molar-refractivity contribution in [3.05, 3.63) is 42.1 Å². The van der Waals surface area contributed by atoms with Gasteiger partial charge in [-0.3, -0.25) is 4.98 Å². The molecule has 0 amide bonds. The minimum absolute atomic E-state index is 0.286. The highest BCUT2D eigenvalue weighted by Gasteiger charge is 2.35. The molecule has 100 valence electrons. The summed E-state index contributed by atoms with van der Waals surface area (Å²) in [5.41, 5.74) is 1.22. The standard InChI is InChI=1S/C16H19NO2/c1-19-12-7-9-16(18,10-8-12)14-5-2-6-15-13(14)4-3-11-17-15/h2-6,11-12,18H,7-10H2,1H3. The summed E-state index contributed by atoms with van der Waals surface area (Å²) in [7, 11) is 1.75. The van der Waals surface area contributed by atoms with E-state index in [9.17, 15) is 5.11 Å². The Morgan fingerprint density at radius 2 is 2.00 bits per heavy atom. The van der Waals surface area contributed by atoms with Crippen molar-refractivity contribution in [2.24, 2.45) is 0 Å². The zero-order valence-electron chi connectivity index (χ0n) is 11.2. The van der Waals surface area contributed by atoms with Crippen LogP contribution in [0.2, 0.25) is 0 Å². The lowest BCUT2D eigenvalue weighted by Crippen LogP contribution is -2.34. The van der Waals surface area contributed by atoms with E-state index in [0.717, 1.165) is 42.1 Å². The first kappa shape index (κ1) is 12.6. The molecule has 19 heavy (non-hydrogen) atoms. The fourth-order valence-corrected chi connectivity index (χ4v) is 3.08. The molecule has 1 aliphatic carbocycles. The van der Waals surface area contributed by atoms with Crippen LogP contribution in [0.15, 0.2) is 36.5 Å². The van der Waals surface area contributed by atoms with Gasteiger partial charge in [0.1, 0.15) is 0 Å². The van der Waals surface area contributed by atoms with Crippen molar-refractivity contribution in [2.45, 2.75) is 37.4 Å². The SMILES string of the molecule is COC1CCC(O)(c2cccc3ncccc23)CC1. The van der Waals surface area contributed by atoms with Gasteiger partial charge in [-0.15, -0.1) is 0 Å². The number of hydrogen-bond acceptors (Lipinski definition) is 3. The molecule has 0 atom stereocenters. The van der Waals surface area contributed by atoms with Crippen LogP contribution in [0.5, 0.6) is 0 Å². The molecular formula is C16H19NO2. The number of aromatic nitrogens is 1. The molecule has 0 saturated heterocycles. The van der Waals surface area contributed by atoms with Crippen molar-refractivity contribution in [1.29, 1.82) is 0 Å². The number of fused-ring (bicyclic) bond motifs is 1. The minimum Gasteiger partial charge on any atom is -0.385 e. The summed E-state index contributed by atoms with van der Waals surface area (Å²) in [5, 5.41) is 12.0. The zero-order chi connectivity index (χ0) is 13.3. The molecule has 0 unspecified atom stereocenters. The molecule has 1 fully saturated rings. The van der Waals surface area contributed by atoms with Gasteiger partial charge in [0.2, 0.25) is 0 Å². The second-order valence-electron chi connectivity index (χ2n) is 5.34. The van der Waals surface area contributed by atoms with Crippen molar-refractivity contribution in [3.8, 4) is 0 Å². The van der Waals surface area contributed by atoms with Crippen LogP contribution in [0, 0.1) is 0 Å². The minimum atomic E-state index is -0.739. The molecule has 3 rings (SSSR count). The maximum absolute atomic E-state index is 11.0. The summed E-state index contributed by atoms with van der Waals surface area (Å²) in [6, 6.07) is 9.96. The third-order valence-corrected chi connectivity index (χ3v) is 4.24. The third-order valence-electron chi connectivity index (χ3n) is 4.24. The Morgan fingerprint density at radius 1 is 1.21 bits per heavy atom. The molecule has 3 heteroatoms. The van der Waals surface area contributed by atoms with E-state index in [1.165, 1.54) is 0 Å². The van der Waals surface area contributed by atoms with Crippen molar-refractivity contribution in [1.82, 2.24) is 4.98 Å². The number of ether oxygens (including phenoxy) is 1. The first-order valence-electron chi connectivity index (χ1n) is 6.82. The molecular weight excluding hydrogens is 238 g/mol. The number of rotatable bonds is 2. The number of benzene rings is 1. The van der Waals surface area contributed by atoms with Gasteiger partial charge in [-0.05, 0) is 43.4 Å². The van der Waals surface area contributed by atoms with Gasteiger partial charge < -0.3 is 9.84 Å². The van der Waals surface area contributed by atoms with E-state index in [-0.39, 0.29) is 6.10 Å². The predicted octanol–water partition coefficient (Wildman–Crippen LogP) is 3.01. The number of aliphatic hydroxyl groups is 1. The van der Waals surface area contributed by atoms with Gasteiger partial charge in [0, 0.05) is 18.7 Å². The normalized spacial score (nSPS) is 27.6. The van der Waals surface area contributed by atoms with Crippen LogP contribution in [0.3, 0.4) is 0 Å². The topological polar surface area (TPSA) is 42.4 Å². The molecule has 1 aromatic carbocycles. The van der Waals surface area contributed by atoms with Gasteiger partial charge in [0.25, 0.3) is 0 Å². The monoisotopic (exact) mass is 257 g/mol. The first-order chi connectivity index (χ1) is 9.23. The van der Waals surface area contributed by atoms with E-state index in [0.29, 0.717) is 0 Å².